The molecule has 1 aromatic rings. The van der Waals surface area contributed by atoms with Crippen LogP contribution in [0, 0.1) is 5.92 Å². The van der Waals surface area contributed by atoms with E-state index >= 15 is 0 Å². The molecule has 0 saturated carbocycles. The highest BCUT2D eigenvalue weighted by Gasteiger charge is 2.13. The van der Waals surface area contributed by atoms with Crippen molar-refractivity contribution >= 4 is 5.97 Å². The monoisotopic (exact) mass is 294 g/mol. The Morgan fingerprint density at radius 3 is 2.38 bits per heavy atom. The number of carboxylic acids is 1. The van der Waals surface area contributed by atoms with Crippen molar-refractivity contribution in [2.24, 2.45) is 5.92 Å². The lowest BCUT2D eigenvalue weighted by atomic mass is 10.0. The topological polar surface area (TPSA) is 61.8 Å². The van der Waals surface area contributed by atoms with E-state index in [4.69, 9.17) is 9.84 Å². The normalized spacial score (nSPS) is 12.7. The molecule has 1 rings (SSSR count). The highest BCUT2D eigenvalue weighted by atomic mass is 16.5. The second-order valence-electron chi connectivity index (χ2n) is 5.74. The highest BCUT2D eigenvalue weighted by Crippen LogP contribution is 2.12. The van der Waals surface area contributed by atoms with Gasteiger partial charge in [-0.2, -0.15) is 0 Å². The molecule has 0 amide bonds. The number of likely N-dealkylation sites (N-methyl/N-ethyl adjacent to an activating group) is 1. The van der Waals surface area contributed by atoms with Crippen LogP contribution in [0.25, 0.3) is 0 Å². The number of nitrogens with zero attached hydrogens (tertiary/aromatic N) is 1. The molecule has 5 heteroatoms. The first kappa shape index (κ1) is 17.5. The molecular formula is C16H26N2O3. The number of hydrogen-bond donors (Lipinski definition) is 2. The molecule has 1 aromatic carbocycles. The molecule has 0 aliphatic rings. The summed E-state index contributed by atoms with van der Waals surface area (Å²) >= 11 is 0. The third-order valence-corrected chi connectivity index (χ3v) is 3.25. The molecule has 2 N–H and O–H groups in total. The lowest BCUT2D eigenvalue weighted by Crippen LogP contribution is -2.43. The van der Waals surface area contributed by atoms with Gasteiger partial charge in [0.2, 0.25) is 0 Å². The van der Waals surface area contributed by atoms with Crippen molar-refractivity contribution < 1.29 is 14.6 Å². The van der Waals surface area contributed by atoms with Crippen molar-refractivity contribution in [2.45, 2.75) is 19.9 Å². The van der Waals surface area contributed by atoms with Gasteiger partial charge in [0.25, 0.3) is 0 Å². The van der Waals surface area contributed by atoms with Gasteiger partial charge in [0.05, 0.1) is 5.56 Å². The van der Waals surface area contributed by atoms with Gasteiger partial charge < -0.3 is 20.1 Å². The van der Waals surface area contributed by atoms with Gasteiger partial charge in [-0.05, 0) is 44.3 Å². The molecule has 0 saturated heterocycles. The lowest BCUT2D eigenvalue weighted by Gasteiger charge is -2.25. The molecule has 0 aliphatic heterocycles. The van der Waals surface area contributed by atoms with Crippen molar-refractivity contribution in [2.75, 3.05) is 33.8 Å². The SMILES string of the molecule is CC(C)C(CN(C)C)NCCOc1ccc(C(=O)O)cc1. The van der Waals surface area contributed by atoms with Gasteiger partial charge in [-0.1, -0.05) is 13.8 Å². The van der Waals surface area contributed by atoms with E-state index in [9.17, 15) is 4.79 Å². The van der Waals surface area contributed by atoms with Gasteiger partial charge in [-0.3, -0.25) is 0 Å². The maximum absolute atomic E-state index is 10.7. The van der Waals surface area contributed by atoms with Crippen molar-refractivity contribution in [3.63, 3.8) is 0 Å². The molecule has 21 heavy (non-hydrogen) atoms. The van der Waals surface area contributed by atoms with E-state index in [0.29, 0.717) is 24.3 Å². The Kier molecular flexibility index (Phi) is 7.19. The zero-order valence-corrected chi connectivity index (χ0v) is 13.3. The summed E-state index contributed by atoms with van der Waals surface area (Å²) < 4.78 is 5.61. The van der Waals surface area contributed by atoms with E-state index in [2.05, 4.69) is 38.2 Å². The Morgan fingerprint density at radius 2 is 1.90 bits per heavy atom. The van der Waals surface area contributed by atoms with E-state index < -0.39 is 5.97 Å². The van der Waals surface area contributed by atoms with Crippen molar-refractivity contribution in [3.8, 4) is 5.75 Å². The fourth-order valence-corrected chi connectivity index (χ4v) is 2.01. The third-order valence-electron chi connectivity index (χ3n) is 3.25. The Morgan fingerprint density at radius 1 is 1.29 bits per heavy atom. The average molecular weight is 294 g/mol. The molecule has 0 radical (unpaired) electrons. The minimum Gasteiger partial charge on any atom is -0.492 e. The predicted molar refractivity (Wildman–Crippen MR) is 84.1 cm³/mol. The Bertz CT molecular complexity index is 430. The molecule has 1 atom stereocenters. The van der Waals surface area contributed by atoms with Crippen molar-refractivity contribution in [3.05, 3.63) is 29.8 Å². The van der Waals surface area contributed by atoms with Crippen LogP contribution < -0.4 is 10.1 Å². The number of rotatable bonds is 9. The van der Waals surface area contributed by atoms with Gasteiger partial charge >= 0.3 is 5.97 Å². The number of nitrogens with one attached hydrogen (secondary N) is 1. The van der Waals surface area contributed by atoms with Crippen LogP contribution in [0.3, 0.4) is 0 Å². The number of carbonyl (C=O) groups is 1. The first-order chi connectivity index (χ1) is 9.90. The number of benzene rings is 1. The van der Waals surface area contributed by atoms with Crippen LogP contribution in [-0.2, 0) is 0 Å². The maximum atomic E-state index is 10.7. The zero-order valence-electron chi connectivity index (χ0n) is 13.3. The average Bonchev–Trinajstić information content (AvgIpc) is 2.42. The molecule has 0 aliphatic carbocycles. The van der Waals surface area contributed by atoms with E-state index in [-0.39, 0.29) is 5.56 Å². The van der Waals surface area contributed by atoms with Crippen LogP contribution in [0.5, 0.6) is 5.75 Å². The van der Waals surface area contributed by atoms with Crippen LogP contribution in [-0.4, -0.2) is 55.8 Å². The minimum atomic E-state index is -0.924. The largest absolute Gasteiger partial charge is 0.492 e. The second-order valence-corrected chi connectivity index (χ2v) is 5.74. The quantitative estimate of drug-likeness (QED) is 0.682. The summed E-state index contributed by atoms with van der Waals surface area (Å²) in [6.45, 7) is 6.71. The molecule has 0 spiro atoms. The maximum Gasteiger partial charge on any atom is 0.335 e. The minimum absolute atomic E-state index is 0.270. The van der Waals surface area contributed by atoms with E-state index in [1.165, 1.54) is 0 Å². The smallest absolute Gasteiger partial charge is 0.335 e. The lowest BCUT2D eigenvalue weighted by molar-refractivity contribution is 0.0697. The third kappa shape index (κ3) is 6.60. The van der Waals surface area contributed by atoms with Crippen LogP contribution in [0.15, 0.2) is 24.3 Å². The van der Waals surface area contributed by atoms with Crippen LogP contribution >= 0.6 is 0 Å². The number of aromatic carboxylic acids is 1. The molecule has 118 valence electrons. The second kappa shape index (κ2) is 8.64. The first-order valence-electron chi connectivity index (χ1n) is 7.24. The molecular weight excluding hydrogens is 268 g/mol. The standard InChI is InChI=1S/C16H26N2O3/c1-12(2)15(11-18(3)4)17-9-10-21-14-7-5-13(6-8-14)16(19)20/h5-8,12,15,17H,9-11H2,1-4H3,(H,19,20). The van der Waals surface area contributed by atoms with Gasteiger partial charge in [-0.15, -0.1) is 0 Å². The van der Waals surface area contributed by atoms with Crippen LogP contribution in [0.4, 0.5) is 0 Å². The molecule has 1 unspecified atom stereocenters. The van der Waals surface area contributed by atoms with Gasteiger partial charge in [0.1, 0.15) is 12.4 Å². The number of carboxylic acid groups (broad SMARTS) is 1. The van der Waals surface area contributed by atoms with E-state index in [1.807, 2.05) is 0 Å². The predicted octanol–water partition coefficient (Wildman–Crippen LogP) is 1.94. The molecule has 5 nitrogen and oxygen atoms in total. The summed E-state index contributed by atoms with van der Waals surface area (Å²) in [5.74, 6) is 0.324. The summed E-state index contributed by atoms with van der Waals surface area (Å²) in [6.07, 6.45) is 0. The molecule has 0 bridgehead atoms. The van der Waals surface area contributed by atoms with E-state index in [1.54, 1.807) is 24.3 Å². The summed E-state index contributed by atoms with van der Waals surface area (Å²) in [6, 6.07) is 6.90. The van der Waals surface area contributed by atoms with Crippen molar-refractivity contribution in [1.29, 1.82) is 0 Å². The Balaban J connectivity index is 2.34. The summed E-state index contributed by atoms with van der Waals surface area (Å²) in [7, 11) is 4.13. The Labute approximate surface area is 126 Å². The summed E-state index contributed by atoms with van der Waals surface area (Å²) in [5.41, 5.74) is 0.270. The van der Waals surface area contributed by atoms with Gasteiger partial charge in [0, 0.05) is 19.1 Å². The summed E-state index contributed by atoms with van der Waals surface area (Å²) in [5, 5.41) is 12.3. The molecule has 0 fully saturated rings. The van der Waals surface area contributed by atoms with Gasteiger partial charge in [0.15, 0.2) is 0 Å². The van der Waals surface area contributed by atoms with Gasteiger partial charge in [-0.25, -0.2) is 4.79 Å². The highest BCUT2D eigenvalue weighted by molar-refractivity contribution is 5.87. The number of ether oxygens (including phenoxy) is 1. The zero-order chi connectivity index (χ0) is 15.8. The van der Waals surface area contributed by atoms with Crippen LogP contribution in [0.1, 0.15) is 24.2 Å². The van der Waals surface area contributed by atoms with Crippen LogP contribution in [0.2, 0.25) is 0 Å². The first-order valence-corrected chi connectivity index (χ1v) is 7.24. The number of hydrogen-bond acceptors (Lipinski definition) is 4. The Hall–Kier alpha value is -1.59. The van der Waals surface area contributed by atoms with Crippen molar-refractivity contribution in [1.82, 2.24) is 10.2 Å². The molecule has 0 aromatic heterocycles. The summed E-state index contributed by atoms with van der Waals surface area (Å²) in [4.78, 5) is 12.9. The fourth-order valence-electron chi connectivity index (χ4n) is 2.01. The van der Waals surface area contributed by atoms with E-state index in [0.717, 1.165) is 13.1 Å². The fraction of sp³-hybridized carbons (Fsp3) is 0.562. The molecule has 0 heterocycles.